The van der Waals surface area contributed by atoms with E-state index in [0.29, 0.717) is 55.0 Å². The number of rotatable bonds is 6. The van der Waals surface area contributed by atoms with Crippen LogP contribution in [0.15, 0.2) is 65.6 Å². The van der Waals surface area contributed by atoms with Gasteiger partial charge >= 0.3 is 0 Å². The van der Waals surface area contributed by atoms with Gasteiger partial charge in [-0.15, -0.1) is 0 Å². The van der Waals surface area contributed by atoms with Crippen LogP contribution in [0.3, 0.4) is 0 Å². The van der Waals surface area contributed by atoms with E-state index in [9.17, 15) is 13.2 Å². The van der Waals surface area contributed by atoms with Crippen molar-refractivity contribution in [2.45, 2.75) is 18.7 Å². The van der Waals surface area contributed by atoms with Crippen LogP contribution in [-0.2, 0) is 10.0 Å². The summed E-state index contributed by atoms with van der Waals surface area (Å²) in [5, 5.41) is 0. The fourth-order valence-corrected chi connectivity index (χ4v) is 5.00. The van der Waals surface area contributed by atoms with Crippen LogP contribution in [0.25, 0.3) is 0 Å². The number of Topliss-reactive ketones (excluding diaryl/α,β-unsaturated/α-hetero) is 1. The Morgan fingerprint density at radius 1 is 0.938 bits per heavy atom. The van der Waals surface area contributed by atoms with Crippen LogP contribution >= 0.6 is 0 Å². The molecule has 32 heavy (non-hydrogen) atoms. The van der Waals surface area contributed by atoms with Gasteiger partial charge in [-0.1, -0.05) is 30.3 Å². The molecule has 166 valence electrons. The number of nitrogens with zero attached hydrogens (tertiary/aromatic N) is 4. The van der Waals surface area contributed by atoms with Crippen LogP contribution in [-0.4, -0.2) is 54.7 Å². The number of carbonyl (C=O) groups excluding carboxylic acids is 1. The SMILES string of the molecule is CC(=O)c1cccc(S(=O)(=O)N2CCN(c3cc(Oc4ccccc4)nc(C)n3)CC2)c1. The number of aromatic nitrogens is 2. The molecule has 0 unspecified atom stereocenters. The number of benzene rings is 2. The van der Waals surface area contributed by atoms with Crippen LogP contribution in [0.2, 0.25) is 0 Å². The zero-order chi connectivity index (χ0) is 22.7. The highest BCUT2D eigenvalue weighted by Gasteiger charge is 2.29. The third-order valence-corrected chi connectivity index (χ3v) is 7.10. The normalized spacial score (nSPS) is 14.9. The van der Waals surface area contributed by atoms with Gasteiger partial charge in [-0.3, -0.25) is 4.79 Å². The molecular weight excluding hydrogens is 428 g/mol. The first-order valence-electron chi connectivity index (χ1n) is 10.3. The molecule has 0 bridgehead atoms. The fraction of sp³-hybridized carbons (Fsp3) is 0.261. The zero-order valence-electron chi connectivity index (χ0n) is 17.9. The lowest BCUT2D eigenvalue weighted by molar-refractivity contribution is 0.101. The van der Waals surface area contributed by atoms with Crippen molar-refractivity contribution < 1.29 is 17.9 Å². The van der Waals surface area contributed by atoms with Gasteiger partial charge in [0.05, 0.1) is 4.90 Å². The molecule has 8 nitrogen and oxygen atoms in total. The Morgan fingerprint density at radius 3 is 2.34 bits per heavy atom. The van der Waals surface area contributed by atoms with Crippen LogP contribution in [0.1, 0.15) is 23.1 Å². The number of piperazine rings is 1. The van der Waals surface area contributed by atoms with Crippen molar-refractivity contribution in [2.24, 2.45) is 0 Å². The van der Waals surface area contributed by atoms with Crippen LogP contribution < -0.4 is 9.64 Å². The molecule has 1 fully saturated rings. The second-order valence-corrected chi connectivity index (χ2v) is 9.44. The fourth-order valence-electron chi connectivity index (χ4n) is 3.53. The maximum atomic E-state index is 13.1. The third kappa shape index (κ3) is 4.79. The van der Waals surface area contributed by atoms with Crippen molar-refractivity contribution in [1.82, 2.24) is 14.3 Å². The summed E-state index contributed by atoms with van der Waals surface area (Å²) in [6.07, 6.45) is 0. The summed E-state index contributed by atoms with van der Waals surface area (Å²) in [5.74, 6) is 2.22. The predicted molar refractivity (Wildman–Crippen MR) is 121 cm³/mol. The smallest absolute Gasteiger partial charge is 0.243 e. The molecule has 0 radical (unpaired) electrons. The first kappa shape index (κ1) is 21.9. The van der Waals surface area contributed by atoms with Crippen molar-refractivity contribution in [3.05, 3.63) is 72.1 Å². The zero-order valence-corrected chi connectivity index (χ0v) is 18.7. The van der Waals surface area contributed by atoms with Crippen molar-refractivity contribution in [3.63, 3.8) is 0 Å². The van der Waals surface area contributed by atoms with Crippen molar-refractivity contribution in [2.75, 3.05) is 31.1 Å². The minimum atomic E-state index is -3.68. The topological polar surface area (TPSA) is 92.7 Å². The molecule has 0 aliphatic carbocycles. The van der Waals surface area contributed by atoms with Gasteiger partial charge in [0, 0.05) is 37.8 Å². The Balaban J connectivity index is 1.48. The molecule has 1 saturated heterocycles. The van der Waals surface area contributed by atoms with Crippen molar-refractivity contribution >= 4 is 21.6 Å². The van der Waals surface area contributed by atoms with E-state index in [2.05, 4.69) is 9.97 Å². The number of carbonyl (C=O) groups is 1. The van der Waals surface area contributed by atoms with Crippen molar-refractivity contribution in [1.29, 1.82) is 0 Å². The first-order valence-corrected chi connectivity index (χ1v) is 11.7. The molecule has 0 spiro atoms. The number of aryl methyl sites for hydroxylation is 1. The van der Waals surface area contributed by atoms with Gasteiger partial charge in [-0.05, 0) is 38.1 Å². The highest BCUT2D eigenvalue weighted by Crippen LogP contribution is 2.25. The van der Waals surface area contributed by atoms with Gasteiger partial charge in [0.25, 0.3) is 0 Å². The average Bonchev–Trinajstić information content (AvgIpc) is 2.79. The number of hydrogen-bond acceptors (Lipinski definition) is 7. The molecule has 0 saturated carbocycles. The lowest BCUT2D eigenvalue weighted by Gasteiger charge is -2.34. The molecule has 1 aromatic heterocycles. The molecule has 2 heterocycles. The number of para-hydroxylation sites is 1. The van der Waals surface area contributed by atoms with Gasteiger partial charge in [0.15, 0.2) is 5.78 Å². The minimum Gasteiger partial charge on any atom is -0.439 e. The lowest BCUT2D eigenvalue weighted by Crippen LogP contribution is -2.49. The number of ketones is 1. The average molecular weight is 453 g/mol. The largest absolute Gasteiger partial charge is 0.439 e. The van der Waals surface area contributed by atoms with Gasteiger partial charge in [-0.25, -0.2) is 13.4 Å². The molecule has 0 atom stereocenters. The Hall–Kier alpha value is -3.30. The summed E-state index contributed by atoms with van der Waals surface area (Å²) >= 11 is 0. The van der Waals surface area contributed by atoms with Crippen LogP contribution in [0, 0.1) is 6.92 Å². The monoisotopic (exact) mass is 452 g/mol. The molecular formula is C23H24N4O4S. The summed E-state index contributed by atoms with van der Waals surface area (Å²) in [5.41, 5.74) is 0.382. The van der Waals surface area contributed by atoms with E-state index in [-0.39, 0.29) is 10.7 Å². The minimum absolute atomic E-state index is 0.134. The van der Waals surface area contributed by atoms with Crippen LogP contribution in [0.4, 0.5) is 5.82 Å². The van der Waals surface area contributed by atoms with E-state index in [1.54, 1.807) is 25.1 Å². The van der Waals surface area contributed by atoms with E-state index in [0.717, 1.165) is 0 Å². The summed E-state index contributed by atoms with van der Waals surface area (Å²) in [4.78, 5) is 22.6. The summed E-state index contributed by atoms with van der Waals surface area (Å²) in [6.45, 7) is 4.79. The molecule has 0 amide bonds. The summed E-state index contributed by atoms with van der Waals surface area (Å²) < 4.78 is 33.4. The lowest BCUT2D eigenvalue weighted by atomic mass is 10.2. The van der Waals surface area contributed by atoms with Gasteiger partial charge in [-0.2, -0.15) is 9.29 Å². The molecule has 1 aliphatic heterocycles. The number of hydrogen-bond donors (Lipinski definition) is 0. The molecule has 1 aliphatic rings. The molecule has 0 N–H and O–H groups in total. The summed E-state index contributed by atoms with van der Waals surface area (Å²) in [7, 11) is -3.68. The highest BCUT2D eigenvalue weighted by atomic mass is 32.2. The standard InChI is InChI=1S/C23H24N4O4S/c1-17(28)19-7-6-10-21(15-19)32(29,30)27-13-11-26(12-14-27)22-16-23(25-18(2)24-22)31-20-8-4-3-5-9-20/h3-10,15-16H,11-14H2,1-2H3. The van der Waals surface area contributed by atoms with Gasteiger partial charge < -0.3 is 9.64 Å². The third-order valence-electron chi connectivity index (χ3n) is 5.21. The van der Waals surface area contributed by atoms with Crippen LogP contribution in [0.5, 0.6) is 11.6 Å². The van der Waals surface area contributed by atoms with Gasteiger partial charge in [0.1, 0.15) is 17.4 Å². The molecule has 3 aromatic rings. The maximum Gasteiger partial charge on any atom is 0.243 e. The summed E-state index contributed by atoms with van der Waals surface area (Å²) in [6, 6.07) is 17.3. The van der Waals surface area contributed by atoms with E-state index >= 15 is 0 Å². The van der Waals surface area contributed by atoms with E-state index < -0.39 is 10.0 Å². The number of anilines is 1. The number of sulfonamides is 1. The Bertz CT molecular complexity index is 1220. The number of ether oxygens (including phenoxy) is 1. The highest BCUT2D eigenvalue weighted by molar-refractivity contribution is 7.89. The molecule has 2 aromatic carbocycles. The van der Waals surface area contributed by atoms with Gasteiger partial charge in [0.2, 0.25) is 15.9 Å². The molecule has 9 heteroatoms. The second-order valence-electron chi connectivity index (χ2n) is 7.50. The maximum absolute atomic E-state index is 13.1. The van der Waals surface area contributed by atoms with E-state index in [4.69, 9.17) is 4.74 Å². The first-order chi connectivity index (χ1) is 15.3. The second kappa shape index (κ2) is 9.05. The van der Waals surface area contributed by atoms with E-state index in [1.807, 2.05) is 35.2 Å². The molecule has 4 rings (SSSR count). The van der Waals surface area contributed by atoms with Crippen molar-refractivity contribution in [3.8, 4) is 11.6 Å². The predicted octanol–water partition coefficient (Wildman–Crippen LogP) is 3.29. The quantitative estimate of drug-likeness (QED) is 0.530. The Kier molecular flexibility index (Phi) is 6.20. The Morgan fingerprint density at radius 2 is 1.66 bits per heavy atom. The Labute approximate surface area is 187 Å². The van der Waals surface area contributed by atoms with E-state index in [1.165, 1.54) is 23.4 Å².